The molecule has 1 aliphatic rings. The first-order valence-electron chi connectivity index (χ1n) is 9.43. The lowest BCUT2D eigenvalue weighted by molar-refractivity contribution is -0.274. The predicted octanol–water partition coefficient (Wildman–Crippen LogP) is 6.15. The number of ether oxygens (including phenoxy) is 1. The zero-order valence-corrected chi connectivity index (χ0v) is 16.8. The van der Waals surface area contributed by atoms with E-state index in [0.717, 1.165) is 42.6 Å². The Bertz CT molecular complexity index is 721. The second kappa shape index (κ2) is 11.4. The molecule has 0 unspecified atom stereocenters. The van der Waals surface area contributed by atoms with Crippen molar-refractivity contribution in [3.63, 3.8) is 0 Å². The molecule has 3 nitrogen and oxygen atoms in total. The summed E-state index contributed by atoms with van der Waals surface area (Å²) in [5.74, 6) is -0.000648. The number of benzene rings is 2. The van der Waals surface area contributed by atoms with Crippen molar-refractivity contribution in [3.05, 3.63) is 65.2 Å². The molecule has 1 aliphatic heterocycles. The van der Waals surface area contributed by atoms with Gasteiger partial charge in [-0.05, 0) is 51.0 Å². The number of hydrogen-bond acceptors (Lipinski definition) is 2. The van der Waals surface area contributed by atoms with E-state index in [4.69, 9.17) is 0 Å². The van der Waals surface area contributed by atoms with Crippen molar-refractivity contribution in [2.24, 2.45) is 0 Å². The summed E-state index contributed by atoms with van der Waals surface area (Å²) in [5, 5.41) is 0. The summed E-state index contributed by atoms with van der Waals surface area (Å²) in [6, 6.07) is 13.5. The minimum absolute atomic E-state index is 0.186. The molecule has 0 saturated carbocycles. The summed E-state index contributed by atoms with van der Waals surface area (Å²) in [6.07, 6.45) is -2.30. The Hall–Kier alpha value is -2.50. The molecule has 0 atom stereocenters. The third-order valence-electron chi connectivity index (χ3n) is 3.91. The molecule has 2 aromatic carbocycles. The largest absolute Gasteiger partial charge is 0.573 e. The molecule has 154 valence electrons. The Morgan fingerprint density at radius 3 is 2.00 bits per heavy atom. The zero-order chi connectivity index (χ0) is 21.2. The van der Waals surface area contributed by atoms with Crippen LogP contribution in [0.2, 0.25) is 0 Å². The maximum Gasteiger partial charge on any atom is 0.573 e. The molecule has 0 N–H and O–H groups in total. The molecule has 6 heteroatoms. The molecule has 3 rings (SSSR count). The van der Waals surface area contributed by atoms with E-state index in [0.29, 0.717) is 0 Å². The highest BCUT2D eigenvalue weighted by atomic mass is 19.4. The van der Waals surface area contributed by atoms with Gasteiger partial charge in [0.25, 0.3) is 5.91 Å². The molecule has 0 aliphatic carbocycles. The fourth-order valence-corrected chi connectivity index (χ4v) is 2.62. The molecule has 1 saturated heterocycles. The van der Waals surface area contributed by atoms with Crippen molar-refractivity contribution in [2.45, 2.75) is 46.9 Å². The molecular formula is C22H28F3NO2. The molecule has 0 spiro atoms. The average Bonchev–Trinajstić information content (AvgIpc) is 3.19. The van der Waals surface area contributed by atoms with Crippen molar-refractivity contribution in [1.29, 1.82) is 0 Å². The van der Waals surface area contributed by atoms with E-state index in [1.807, 2.05) is 49.9 Å². The van der Waals surface area contributed by atoms with Gasteiger partial charge < -0.3 is 9.64 Å². The van der Waals surface area contributed by atoms with Crippen LogP contribution in [0.25, 0.3) is 0 Å². The van der Waals surface area contributed by atoms with Crippen molar-refractivity contribution in [2.75, 3.05) is 13.1 Å². The smallest absolute Gasteiger partial charge is 0.406 e. The van der Waals surface area contributed by atoms with Crippen LogP contribution in [0.3, 0.4) is 0 Å². The molecule has 1 heterocycles. The predicted molar refractivity (Wildman–Crippen MR) is 106 cm³/mol. The standard InChI is InChI=1S/C12H15NO.C8H7F3O.C2H6/c1-10-5-4-6-11(9-10)12(14)13-7-2-3-8-13;1-6-2-4-7(5-3-6)12-8(9,10)11;1-2/h4-6,9H,2-3,7-8H2,1H3;2-5H,1H3;1-2H3. The van der Waals surface area contributed by atoms with E-state index < -0.39 is 6.36 Å². The second-order valence-corrected chi connectivity index (χ2v) is 6.23. The van der Waals surface area contributed by atoms with E-state index in [2.05, 4.69) is 4.74 Å². The summed E-state index contributed by atoms with van der Waals surface area (Å²) in [4.78, 5) is 13.9. The quantitative estimate of drug-likeness (QED) is 0.610. The second-order valence-electron chi connectivity index (χ2n) is 6.23. The lowest BCUT2D eigenvalue weighted by Gasteiger charge is -2.15. The fraction of sp³-hybridized carbons (Fsp3) is 0.409. The number of alkyl halides is 3. The normalized spacial score (nSPS) is 13.0. The number of likely N-dealkylation sites (tertiary alicyclic amines) is 1. The number of hydrogen-bond donors (Lipinski definition) is 0. The Morgan fingerprint density at radius 1 is 0.929 bits per heavy atom. The van der Waals surface area contributed by atoms with Gasteiger partial charge in [-0.15, -0.1) is 13.2 Å². The number of amides is 1. The highest BCUT2D eigenvalue weighted by Crippen LogP contribution is 2.22. The Balaban J connectivity index is 0.000000260. The van der Waals surface area contributed by atoms with Crippen molar-refractivity contribution >= 4 is 5.91 Å². The first-order chi connectivity index (χ1) is 13.2. The fourth-order valence-electron chi connectivity index (χ4n) is 2.62. The van der Waals surface area contributed by atoms with E-state index in [9.17, 15) is 18.0 Å². The number of halogens is 3. The number of aryl methyl sites for hydroxylation is 2. The summed E-state index contributed by atoms with van der Waals surface area (Å²) >= 11 is 0. The summed E-state index contributed by atoms with van der Waals surface area (Å²) in [6.45, 7) is 9.65. The van der Waals surface area contributed by atoms with Gasteiger partial charge in [-0.2, -0.15) is 0 Å². The first-order valence-corrected chi connectivity index (χ1v) is 9.43. The lowest BCUT2D eigenvalue weighted by Crippen LogP contribution is -2.27. The molecule has 0 radical (unpaired) electrons. The van der Waals surface area contributed by atoms with Crippen LogP contribution in [-0.2, 0) is 0 Å². The van der Waals surface area contributed by atoms with Crippen molar-refractivity contribution in [1.82, 2.24) is 4.90 Å². The van der Waals surface area contributed by atoms with Gasteiger partial charge in [0.1, 0.15) is 5.75 Å². The third kappa shape index (κ3) is 8.46. The van der Waals surface area contributed by atoms with Crippen LogP contribution < -0.4 is 4.74 Å². The van der Waals surface area contributed by atoms with Gasteiger partial charge in [0.2, 0.25) is 0 Å². The van der Waals surface area contributed by atoms with E-state index in [1.54, 1.807) is 19.1 Å². The van der Waals surface area contributed by atoms with Gasteiger partial charge in [0.15, 0.2) is 0 Å². The molecule has 2 aromatic rings. The van der Waals surface area contributed by atoms with Crippen LogP contribution in [0, 0.1) is 13.8 Å². The highest BCUT2D eigenvalue weighted by Gasteiger charge is 2.30. The minimum Gasteiger partial charge on any atom is -0.406 e. The number of carbonyl (C=O) groups is 1. The van der Waals surface area contributed by atoms with Crippen LogP contribution in [0.5, 0.6) is 5.75 Å². The topological polar surface area (TPSA) is 29.5 Å². The SMILES string of the molecule is CC.Cc1ccc(OC(F)(F)F)cc1.Cc1cccc(C(=O)N2CCCC2)c1. The Kier molecular flexibility index (Phi) is 9.56. The molecule has 0 bridgehead atoms. The van der Waals surface area contributed by atoms with Crippen molar-refractivity contribution < 1.29 is 22.7 Å². The van der Waals surface area contributed by atoms with Crippen molar-refractivity contribution in [3.8, 4) is 5.75 Å². The number of rotatable bonds is 2. The molecule has 28 heavy (non-hydrogen) atoms. The molecule has 0 aromatic heterocycles. The Morgan fingerprint density at radius 2 is 1.50 bits per heavy atom. The maximum absolute atomic E-state index is 11.9. The van der Waals surface area contributed by atoms with E-state index in [-0.39, 0.29) is 11.7 Å². The zero-order valence-electron chi connectivity index (χ0n) is 16.8. The van der Waals surface area contributed by atoms with Gasteiger partial charge in [-0.3, -0.25) is 4.79 Å². The van der Waals surface area contributed by atoms with Crippen LogP contribution in [0.1, 0.15) is 48.2 Å². The summed E-state index contributed by atoms with van der Waals surface area (Å²) in [7, 11) is 0. The van der Waals surface area contributed by atoms with Gasteiger partial charge >= 0.3 is 6.36 Å². The van der Waals surface area contributed by atoms with E-state index in [1.165, 1.54) is 12.1 Å². The first kappa shape index (κ1) is 23.5. The van der Waals surface area contributed by atoms with E-state index >= 15 is 0 Å². The highest BCUT2D eigenvalue weighted by molar-refractivity contribution is 5.94. The summed E-state index contributed by atoms with van der Waals surface area (Å²) < 4.78 is 38.5. The summed E-state index contributed by atoms with van der Waals surface area (Å²) in [5.41, 5.74) is 2.87. The minimum atomic E-state index is -4.60. The lowest BCUT2D eigenvalue weighted by atomic mass is 10.1. The van der Waals surface area contributed by atoms with Crippen LogP contribution >= 0.6 is 0 Å². The Labute approximate surface area is 165 Å². The number of carbonyl (C=O) groups excluding carboxylic acids is 1. The molecular weight excluding hydrogens is 367 g/mol. The van der Waals surface area contributed by atoms with Gasteiger partial charge in [0.05, 0.1) is 0 Å². The van der Waals surface area contributed by atoms with Gasteiger partial charge in [-0.25, -0.2) is 0 Å². The molecule has 1 fully saturated rings. The third-order valence-corrected chi connectivity index (χ3v) is 3.91. The van der Waals surface area contributed by atoms with Crippen LogP contribution in [-0.4, -0.2) is 30.3 Å². The maximum atomic E-state index is 11.9. The van der Waals surface area contributed by atoms with Crippen LogP contribution in [0.4, 0.5) is 13.2 Å². The number of nitrogens with zero attached hydrogens (tertiary/aromatic N) is 1. The monoisotopic (exact) mass is 395 g/mol. The van der Waals surface area contributed by atoms with Crippen LogP contribution in [0.15, 0.2) is 48.5 Å². The van der Waals surface area contributed by atoms with Gasteiger partial charge in [-0.1, -0.05) is 49.2 Å². The van der Waals surface area contributed by atoms with Gasteiger partial charge in [0, 0.05) is 18.7 Å². The average molecular weight is 395 g/mol. The molecule has 1 amide bonds.